The van der Waals surface area contributed by atoms with E-state index >= 15 is 0 Å². The molecule has 1 aromatic heterocycles. The zero-order chi connectivity index (χ0) is 19.4. The van der Waals surface area contributed by atoms with Gasteiger partial charge in [-0.25, -0.2) is 0 Å². The van der Waals surface area contributed by atoms with Crippen LogP contribution in [0.15, 0.2) is 24.4 Å². The standard InChI is InChI=1S/C23H31NO3/c1-22(2)21(23(22,3)4)20(25)17-14-24(13-15-9-11-27-12-10-15)19-16(17)7-6-8-18(19)26-5/h6-8,14-15,21H,9-13H2,1-5H3. The monoisotopic (exact) mass is 369 g/mol. The van der Waals surface area contributed by atoms with Crippen LogP contribution in [0.2, 0.25) is 0 Å². The van der Waals surface area contributed by atoms with Gasteiger partial charge in [0.1, 0.15) is 5.75 Å². The minimum absolute atomic E-state index is 0.0398. The SMILES string of the molecule is COc1cccc2c(C(=O)C3C(C)(C)C3(C)C)cn(CC3CCOCC3)c12. The Hall–Kier alpha value is -1.81. The number of methoxy groups -OCH3 is 1. The Labute approximate surface area is 161 Å². The molecular formula is C23H31NO3. The number of nitrogens with zero attached hydrogens (tertiary/aromatic N) is 1. The molecule has 2 fully saturated rings. The third-order valence-electron chi connectivity index (χ3n) is 7.43. The molecule has 2 aromatic rings. The average molecular weight is 370 g/mol. The first kappa shape index (κ1) is 18.5. The van der Waals surface area contributed by atoms with Crippen LogP contribution in [0.1, 0.15) is 50.9 Å². The van der Waals surface area contributed by atoms with Crippen LogP contribution in [-0.2, 0) is 11.3 Å². The molecule has 0 atom stereocenters. The topological polar surface area (TPSA) is 40.5 Å². The fourth-order valence-electron chi connectivity index (χ4n) is 5.05. The molecule has 0 spiro atoms. The first-order chi connectivity index (χ1) is 12.8. The highest BCUT2D eigenvalue weighted by Gasteiger charge is 2.68. The van der Waals surface area contributed by atoms with Crippen molar-refractivity contribution in [3.05, 3.63) is 30.0 Å². The Bertz CT molecular complexity index is 857. The summed E-state index contributed by atoms with van der Waals surface area (Å²) in [6.07, 6.45) is 4.22. The first-order valence-corrected chi connectivity index (χ1v) is 10.1. The number of carbonyl (C=O) groups excluding carboxylic acids is 1. The van der Waals surface area contributed by atoms with E-state index in [2.05, 4.69) is 44.5 Å². The fraction of sp³-hybridized carbons (Fsp3) is 0.609. The summed E-state index contributed by atoms with van der Waals surface area (Å²) in [6.45, 7) is 11.4. The summed E-state index contributed by atoms with van der Waals surface area (Å²) in [6, 6.07) is 6.04. The van der Waals surface area contributed by atoms with Crippen LogP contribution < -0.4 is 4.74 Å². The Morgan fingerprint density at radius 3 is 2.44 bits per heavy atom. The lowest BCUT2D eigenvalue weighted by atomic mass is 10.0. The van der Waals surface area contributed by atoms with Gasteiger partial charge in [0.05, 0.1) is 12.6 Å². The van der Waals surface area contributed by atoms with Gasteiger partial charge in [-0.3, -0.25) is 4.79 Å². The van der Waals surface area contributed by atoms with Crippen LogP contribution in [0, 0.1) is 22.7 Å². The number of ether oxygens (including phenoxy) is 2. The van der Waals surface area contributed by atoms with Gasteiger partial charge in [0.15, 0.2) is 5.78 Å². The van der Waals surface area contributed by atoms with Crippen LogP contribution in [0.25, 0.3) is 10.9 Å². The Balaban J connectivity index is 1.76. The molecule has 0 unspecified atom stereocenters. The summed E-state index contributed by atoms with van der Waals surface area (Å²) >= 11 is 0. The molecule has 0 radical (unpaired) electrons. The molecule has 1 aliphatic carbocycles. The predicted molar refractivity (Wildman–Crippen MR) is 107 cm³/mol. The zero-order valence-corrected chi connectivity index (χ0v) is 17.2. The van der Waals surface area contributed by atoms with Crippen LogP contribution in [-0.4, -0.2) is 30.7 Å². The van der Waals surface area contributed by atoms with Crippen molar-refractivity contribution < 1.29 is 14.3 Å². The number of rotatable bonds is 5. The molecule has 0 N–H and O–H groups in total. The van der Waals surface area contributed by atoms with Gasteiger partial charge in [-0.2, -0.15) is 0 Å². The molecule has 4 rings (SSSR count). The van der Waals surface area contributed by atoms with Gasteiger partial charge < -0.3 is 14.0 Å². The fourth-order valence-corrected chi connectivity index (χ4v) is 5.05. The van der Waals surface area contributed by atoms with E-state index in [1.165, 1.54) is 0 Å². The highest BCUT2D eigenvalue weighted by molar-refractivity contribution is 6.12. The lowest BCUT2D eigenvalue weighted by molar-refractivity contribution is 0.0616. The highest BCUT2D eigenvalue weighted by atomic mass is 16.5. The Morgan fingerprint density at radius 1 is 1.19 bits per heavy atom. The Morgan fingerprint density at radius 2 is 1.85 bits per heavy atom. The summed E-state index contributed by atoms with van der Waals surface area (Å²) < 4.78 is 13.4. The molecule has 27 heavy (non-hydrogen) atoms. The third kappa shape index (κ3) is 2.80. The van der Waals surface area contributed by atoms with Crippen molar-refractivity contribution in [2.45, 2.75) is 47.1 Å². The van der Waals surface area contributed by atoms with E-state index in [9.17, 15) is 4.79 Å². The van der Waals surface area contributed by atoms with Gasteiger partial charge in [0.25, 0.3) is 0 Å². The minimum Gasteiger partial charge on any atom is -0.495 e. The molecule has 4 nitrogen and oxygen atoms in total. The number of Topliss-reactive ketones (excluding diaryl/α,β-unsaturated/α-hetero) is 1. The maximum Gasteiger partial charge on any atom is 0.169 e. The molecule has 1 aliphatic heterocycles. The summed E-state index contributed by atoms with van der Waals surface area (Å²) in [4.78, 5) is 13.5. The largest absolute Gasteiger partial charge is 0.495 e. The number of hydrogen-bond donors (Lipinski definition) is 0. The Kier molecular flexibility index (Phi) is 4.38. The van der Waals surface area contributed by atoms with Gasteiger partial charge in [0.2, 0.25) is 0 Å². The molecule has 4 heteroatoms. The van der Waals surface area contributed by atoms with E-state index in [4.69, 9.17) is 9.47 Å². The number of ketones is 1. The van der Waals surface area contributed by atoms with Crippen molar-refractivity contribution in [1.82, 2.24) is 4.57 Å². The smallest absolute Gasteiger partial charge is 0.169 e. The van der Waals surface area contributed by atoms with Crippen LogP contribution in [0.4, 0.5) is 0 Å². The summed E-state index contributed by atoms with van der Waals surface area (Å²) in [5.41, 5.74) is 1.97. The highest BCUT2D eigenvalue weighted by Crippen LogP contribution is 2.69. The quantitative estimate of drug-likeness (QED) is 0.701. The molecule has 0 amide bonds. The number of para-hydroxylation sites is 1. The van der Waals surface area contributed by atoms with Crippen molar-refractivity contribution in [2.75, 3.05) is 20.3 Å². The molecule has 1 saturated carbocycles. The van der Waals surface area contributed by atoms with Crippen molar-refractivity contribution >= 4 is 16.7 Å². The molecule has 2 heterocycles. The normalized spacial score (nSPS) is 22.1. The minimum atomic E-state index is 0.0398. The van der Waals surface area contributed by atoms with E-state index in [-0.39, 0.29) is 22.5 Å². The summed E-state index contributed by atoms with van der Waals surface area (Å²) in [7, 11) is 1.70. The van der Waals surface area contributed by atoms with Crippen molar-refractivity contribution in [3.8, 4) is 5.75 Å². The lowest BCUT2D eigenvalue weighted by Crippen LogP contribution is -2.20. The molecule has 0 bridgehead atoms. The maximum absolute atomic E-state index is 13.5. The number of benzene rings is 1. The number of aromatic nitrogens is 1. The lowest BCUT2D eigenvalue weighted by Gasteiger charge is -2.23. The molecule has 1 aromatic carbocycles. The predicted octanol–water partition coefficient (Wildman–Crippen LogP) is 4.94. The van der Waals surface area contributed by atoms with Crippen molar-refractivity contribution in [2.24, 2.45) is 22.7 Å². The molecule has 146 valence electrons. The third-order valence-corrected chi connectivity index (χ3v) is 7.43. The number of hydrogen-bond acceptors (Lipinski definition) is 3. The number of fused-ring (bicyclic) bond motifs is 1. The average Bonchev–Trinajstić information content (AvgIpc) is 2.91. The molecule has 1 saturated heterocycles. The molecular weight excluding hydrogens is 338 g/mol. The van der Waals surface area contributed by atoms with E-state index in [1.54, 1.807) is 7.11 Å². The van der Waals surface area contributed by atoms with E-state index in [0.717, 1.165) is 54.8 Å². The molecule has 2 aliphatic rings. The van der Waals surface area contributed by atoms with E-state index in [0.29, 0.717) is 5.92 Å². The zero-order valence-electron chi connectivity index (χ0n) is 17.2. The van der Waals surface area contributed by atoms with E-state index < -0.39 is 0 Å². The van der Waals surface area contributed by atoms with Crippen molar-refractivity contribution in [3.63, 3.8) is 0 Å². The summed E-state index contributed by atoms with van der Waals surface area (Å²) in [5.74, 6) is 1.76. The van der Waals surface area contributed by atoms with Gasteiger partial charge in [0, 0.05) is 42.8 Å². The van der Waals surface area contributed by atoms with Crippen LogP contribution in [0.3, 0.4) is 0 Å². The van der Waals surface area contributed by atoms with Gasteiger partial charge in [-0.05, 0) is 35.7 Å². The number of carbonyl (C=O) groups is 1. The van der Waals surface area contributed by atoms with Gasteiger partial charge in [-0.15, -0.1) is 0 Å². The second kappa shape index (κ2) is 6.37. The summed E-state index contributed by atoms with van der Waals surface area (Å²) in [5, 5.41) is 1.02. The van der Waals surface area contributed by atoms with Crippen LogP contribution >= 0.6 is 0 Å². The van der Waals surface area contributed by atoms with Crippen molar-refractivity contribution in [1.29, 1.82) is 0 Å². The van der Waals surface area contributed by atoms with Gasteiger partial charge >= 0.3 is 0 Å². The maximum atomic E-state index is 13.5. The van der Waals surface area contributed by atoms with E-state index in [1.807, 2.05) is 12.1 Å². The van der Waals surface area contributed by atoms with Gasteiger partial charge in [-0.1, -0.05) is 39.8 Å². The second-order valence-corrected chi connectivity index (χ2v) is 9.35. The second-order valence-electron chi connectivity index (χ2n) is 9.35. The van der Waals surface area contributed by atoms with Crippen LogP contribution in [0.5, 0.6) is 5.75 Å². The first-order valence-electron chi connectivity index (χ1n) is 10.1.